The van der Waals surface area contributed by atoms with Gasteiger partial charge in [0.25, 0.3) is 0 Å². The van der Waals surface area contributed by atoms with Crippen LogP contribution in [0.3, 0.4) is 0 Å². The van der Waals surface area contributed by atoms with Crippen molar-refractivity contribution in [1.82, 2.24) is 31.5 Å². The van der Waals surface area contributed by atoms with Gasteiger partial charge in [0.1, 0.15) is 6.17 Å². The maximum Gasteiger partial charge on any atom is 0.227 e. The van der Waals surface area contributed by atoms with Gasteiger partial charge in [0.2, 0.25) is 5.91 Å². The van der Waals surface area contributed by atoms with Crippen molar-refractivity contribution in [3.63, 3.8) is 0 Å². The van der Waals surface area contributed by atoms with Crippen LogP contribution in [0.5, 0.6) is 0 Å². The van der Waals surface area contributed by atoms with Crippen LogP contribution in [0.2, 0.25) is 0 Å². The van der Waals surface area contributed by atoms with Gasteiger partial charge in [-0.1, -0.05) is 12.5 Å². The number of nitrogens with two attached hydrogens (primary N) is 1. The second kappa shape index (κ2) is 8.70. The van der Waals surface area contributed by atoms with E-state index in [9.17, 15) is 4.79 Å². The number of aromatic nitrogens is 2. The van der Waals surface area contributed by atoms with Gasteiger partial charge in [0, 0.05) is 59.6 Å². The van der Waals surface area contributed by atoms with Crippen molar-refractivity contribution in [1.29, 1.82) is 0 Å². The second-order valence-corrected chi connectivity index (χ2v) is 11.1. The third-order valence-electron chi connectivity index (χ3n) is 8.63. The van der Waals surface area contributed by atoms with Crippen LogP contribution in [0.25, 0.3) is 0 Å². The summed E-state index contributed by atoms with van der Waals surface area (Å²) in [5.41, 5.74) is 15.8. The van der Waals surface area contributed by atoms with Crippen LogP contribution in [0.1, 0.15) is 54.0 Å². The molecule has 2 saturated carbocycles. The maximum atomic E-state index is 13.6. The zero-order valence-corrected chi connectivity index (χ0v) is 19.7. The third kappa shape index (κ3) is 3.70. The van der Waals surface area contributed by atoms with Crippen molar-refractivity contribution in [2.45, 2.75) is 62.8 Å². The summed E-state index contributed by atoms with van der Waals surface area (Å²) in [6.07, 6.45) is 8.00. The fraction of sp³-hybridized carbons (Fsp3) is 0.625. The highest BCUT2D eigenvalue weighted by Gasteiger charge is 2.54. The Morgan fingerprint density at radius 2 is 2.06 bits per heavy atom. The number of fused-ring (bicyclic) bond motifs is 2. The van der Waals surface area contributed by atoms with E-state index < -0.39 is 0 Å². The molecule has 2 aromatic heterocycles. The van der Waals surface area contributed by atoms with Crippen LogP contribution in [0, 0.1) is 30.6 Å². The molecule has 9 heteroatoms. The first kappa shape index (κ1) is 21.6. The first-order chi connectivity index (χ1) is 16.1. The lowest BCUT2D eigenvalue weighted by atomic mass is 9.59. The molecule has 4 fully saturated rings. The molecule has 9 unspecified atom stereocenters. The molecule has 1 amide bonds. The van der Waals surface area contributed by atoms with E-state index in [1.807, 2.05) is 30.6 Å². The summed E-state index contributed by atoms with van der Waals surface area (Å²) >= 11 is 1.70. The van der Waals surface area contributed by atoms with Gasteiger partial charge < -0.3 is 11.1 Å². The average Bonchev–Trinajstić information content (AvgIpc) is 3.51. The molecule has 0 aromatic carbocycles. The van der Waals surface area contributed by atoms with Crippen molar-refractivity contribution < 1.29 is 4.79 Å². The van der Waals surface area contributed by atoms with Crippen LogP contribution in [0.15, 0.2) is 29.9 Å². The number of carbonyl (C=O) groups is 1. The molecule has 0 spiro atoms. The van der Waals surface area contributed by atoms with Crippen LogP contribution < -0.4 is 27.2 Å². The minimum Gasteiger partial charge on any atom is -0.336 e. The van der Waals surface area contributed by atoms with E-state index in [4.69, 9.17) is 10.7 Å². The van der Waals surface area contributed by atoms with Crippen molar-refractivity contribution in [3.05, 3.63) is 46.2 Å². The van der Waals surface area contributed by atoms with Gasteiger partial charge >= 0.3 is 0 Å². The Bertz CT molecular complexity index is 1000. The zero-order chi connectivity index (χ0) is 22.5. The van der Waals surface area contributed by atoms with Gasteiger partial charge in [-0.05, 0) is 50.0 Å². The number of aryl methyl sites for hydroxylation is 1. The zero-order valence-electron chi connectivity index (χ0n) is 18.9. The molecule has 8 nitrogen and oxygen atoms in total. The summed E-state index contributed by atoms with van der Waals surface area (Å²) in [5.74, 6) is 1.37. The van der Waals surface area contributed by atoms with Crippen molar-refractivity contribution in [2.75, 3.05) is 6.54 Å². The Morgan fingerprint density at radius 1 is 1.15 bits per heavy atom. The Kier molecular flexibility index (Phi) is 5.70. The molecule has 4 heterocycles. The van der Waals surface area contributed by atoms with Gasteiger partial charge in [0.15, 0.2) is 0 Å². The van der Waals surface area contributed by atoms with Crippen LogP contribution in [-0.4, -0.2) is 40.5 Å². The Morgan fingerprint density at radius 3 is 2.88 bits per heavy atom. The Hall–Kier alpha value is -1.91. The normalized spacial score (nSPS) is 40.7. The highest BCUT2D eigenvalue weighted by Crippen LogP contribution is 2.49. The van der Waals surface area contributed by atoms with Crippen LogP contribution in [-0.2, 0) is 4.79 Å². The van der Waals surface area contributed by atoms with Gasteiger partial charge in [-0.25, -0.2) is 4.98 Å². The summed E-state index contributed by atoms with van der Waals surface area (Å²) in [4.78, 5) is 22.8. The van der Waals surface area contributed by atoms with Gasteiger partial charge in [-0.15, -0.1) is 11.3 Å². The molecular weight excluding hydrogens is 434 g/mol. The topological polar surface area (TPSA) is 117 Å². The molecule has 33 heavy (non-hydrogen) atoms. The number of hydrogen-bond acceptors (Lipinski definition) is 8. The number of carbonyl (C=O) groups excluding carboxylic acids is 1. The first-order valence-corrected chi connectivity index (χ1v) is 13.1. The SMILES string of the molecule is Cc1ncccc1C1NC(=O)C2C(N)C(C3CCCC4NNCC43)CC(c3nccs3)C2N1. The summed E-state index contributed by atoms with van der Waals surface area (Å²) in [6, 6.07) is 4.27. The summed E-state index contributed by atoms with van der Waals surface area (Å²) in [7, 11) is 0. The first-order valence-electron chi connectivity index (χ1n) is 12.2. The number of pyridine rings is 1. The van der Waals surface area contributed by atoms with Crippen molar-refractivity contribution >= 4 is 17.2 Å². The minimum absolute atomic E-state index is 0.0417. The molecule has 4 aliphatic rings. The number of nitrogens with one attached hydrogen (secondary N) is 4. The molecule has 6 N–H and O–H groups in total. The van der Waals surface area contributed by atoms with E-state index >= 15 is 0 Å². The Balaban J connectivity index is 1.34. The molecule has 2 aromatic rings. The van der Waals surface area contributed by atoms with E-state index in [2.05, 4.69) is 26.5 Å². The standard InChI is InChI=1S/C24H33N7OS/c1-12-13(5-3-7-26-12)22-29-21-16(24-27-8-9-33-24)10-15(20(25)19(21)23(32)30-22)14-4-2-6-18-17(14)11-28-31-18/h3,5,7-9,14-22,28-29,31H,2,4,6,10-11,25H2,1H3,(H,30,32). The highest BCUT2D eigenvalue weighted by atomic mass is 32.1. The number of rotatable bonds is 3. The quantitative estimate of drug-likeness (QED) is 0.465. The predicted molar refractivity (Wildman–Crippen MR) is 127 cm³/mol. The van der Waals surface area contributed by atoms with E-state index in [1.54, 1.807) is 17.5 Å². The van der Waals surface area contributed by atoms with E-state index in [0.29, 0.717) is 23.8 Å². The number of thiazole rings is 1. The van der Waals surface area contributed by atoms with E-state index in [0.717, 1.165) is 29.2 Å². The monoisotopic (exact) mass is 467 g/mol. The molecule has 2 aliphatic heterocycles. The van der Waals surface area contributed by atoms with Gasteiger partial charge in [0.05, 0.1) is 10.9 Å². The molecule has 0 radical (unpaired) electrons. The molecule has 176 valence electrons. The molecule has 6 rings (SSSR count). The van der Waals surface area contributed by atoms with Crippen molar-refractivity contribution in [3.8, 4) is 0 Å². The number of hydrazine groups is 1. The molecular formula is C24H33N7OS. The van der Waals surface area contributed by atoms with E-state index in [-0.39, 0.29) is 36.0 Å². The van der Waals surface area contributed by atoms with Gasteiger partial charge in [-0.3, -0.25) is 25.9 Å². The fourth-order valence-electron chi connectivity index (χ4n) is 7.10. The third-order valence-corrected chi connectivity index (χ3v) is 9.53. The molecule has 2 saturated heterocycles. The predicted octanol–water partition coefficient (Wildman–Crippen LogP) is 1.57. The Labute approximate surface area is 198 Å². The number of hydrogen-bond donors (Lipinski definition) is 5. The average molecular weight is 468 g/mol. The second-order valence-electron chi connectivity index (χ2n) is 10.2. The van der Waals surface area contributed by atoms with Crippen LogP contribution >= 0.6 is 11.3 Å². The molecule has 9 atom stereocenters. The summed E-state index contributed by atoms with van der Waals surface area (Å²) < 4.78 is 0. The molecule has 2 aliphatic carbocycles. The van der Waals surface area contributed by atoms with E-state index in [1.165, 1.54) is 19.3 Å². The number of amides is 1. The lowest BCUT2D eigenvalue weighted by Gasteiger charge is -2.52. The maximum absolute atomic E-state index is 13.6. The summed E-state index contributed by atoms with van der Waals surface area (Å²) in [6.45, 7) is 2.97. The van der Waals surface area contributed by atoms with Crippen LogP contribution in [0.4, 0.5) is 0 Å². The summed E-state index contributed by atoms with van der Waals surface area (Å²) in [5, 5.41) is 10.2. The van der Waals surface area contributed by atoms with Gasteiger partial charge in [-0.2, -0.15) is 0 Å². The highest BCUT2D eigenvalue weighted by molar-refractivity contribution is 7.09. The lowest BCUT2D eigenvalue weighted by Crippen LogP contribution is -2.68. The smallest absolute Gasteiger partial charge is 0.227 e. The minimum atomic E-state index is -0.270. The van der Waals surface area contributed by atoms with Crippen molar-refractivity contribution in [2.24, 2.45) is 29.4 Å². The largest absolute Gasteiger partial charge is 0.336 e. The lowest BCUT2D eigenvalue weighted by molar-refractivity contribution is -0.134. The molecule has 0 bridgehead atoms. The fourth-order valence-corrected chi connectivity index (χ4v) is 7.90. The number of nitrogens with zero attached hydrogens (tertiary/aromatic N) is 2.